The van der Waals surface area contributed by atoms with Crippen LogP contribution in [0.2, 0.25) is 0 Å². The number of nitrogens with one attached hydrogen (secondary N) is 1. The molecule has 4 aliphatic rings. The van der Waals surface area contributed by atoms with Gasteiger partial charge in [0, 0.05) is 5.69 Å². The van der Waals surface area contributed by atoms with Gasteiger partial charge in [0.15, 0.2) is 0 Å². The Morgan fingerprint density at radius 2 is 1.63 bits per heavy atom. The molecular formula is C38H61NO2. The van der Waals surface area contributed by atoms with E-state index in [-0.39, 0.29) is 12.2 Å². The van der Waals surface area contributed by atoms with Gasteiger partial charge in [-0.1, -0.05) is 79.4 Å². The molecule has 0 spiro atoms. The van der Waals surface area contributed by atoms with Crippen LogP contribution in [0.1, 0.15) is 137 Å². The normalized spacial score (nSPS) is 37.1. The van der Waals surface area contributed by atoms with E-state index in [1.807, 2.05) is 12.1 Å². The standard InChI is InChI=1S/C38H61NO2/c1-7-8-12-28-13-16-30(17-14-28)39-36(40)41-31-21-23-37(5)29(25-31)15-18-32-34-20-19-33(27(4)11-9-10-26(2)3)38(34,6)24-22-35(32)37/h13-14,16-17,26-27,29,31-35H,7-12,15,18-25H2,1-6H3,(H,39,40)/t27-,29?,31+,32+,33-,34+,35+,37+,38-/m1/s1. The van der Waals surface area contributed by atoms with E-state index >= 15 is 0 Å². The largest absolute Gasteiger partial charge is 0.446 e. The molecule has 9 atom stereocenters. The van der Waals surface area contributed by atoms with E-state index in [1.165, 1.54) is 82.6 Å². The van der Waals surface area contributed by atoms with Crippen LogP contribution >= 0.6 is 0 Å². The molecule has 1 unspecified atom stereocenters. The Morgan fingerprint density at radius 1 is 0.902 bits per heavy atom. The fraction of sp³-hybridized carbons (Fsp3) is 0.816. The predicted octanol–water partition coefficient (Wildman–Crippen LogP) is 11.1. The van der Waals surface area contributed by atoms with Crippen molar-refractivity contribution in [2.24, 2.45) is 52.3 Å². The fourth-order valence-corrected chi connectivity index (χ4v) is 10.8. The van der Waals surface area contributed by atoms with Crippen LogP contribution in [0.3, 0.4) is 0 Å². The molecule has 0 radical (unpaired) electrons. The number of carbonyl (C=O) groups excluding carboxylic acids is 1. The molecule has 1 aromatic rings. The summed E-state index contributed by atoms with van der Waals surface area (Å²) >= 11 is 0. The maximum atomic E-state index is 12.8. The fourth-order valence-electron chi connectivity index (χ4n) is 10.8. The molecular weight excluding hydrogens is 502 g/mol. The summed E-state index contributed by atoms with van der Waals surface area (Å²) in [6, 6.07) is 8.29. The Morgan fingerprint density at radius 3 is 2.37 bits per heavy atom. The molecule has 3 heteroatoms. The van der Waals surface area contributed by atoms with Gasteiger partial charge >= 0.3 is 6.09 Å². The number of unbranched alkanes of at least 4 members (excludes halogenated alkanes) is 1. The van der Waals surface area contributed by atoms with E-state index < -0.39 is 0 Å². The Kier molecular flexibility index (Phi) is 9.81. The van der Waals surface area contributed by atoms with Crippen LogP contribution in [-0.4, -0.2) is 12.2 Å². The van der Waals surface area contributed by atoms with Crippen LogP contribution in [0.5, 0.6) is 0 Å². The lowest BCUT2D eigenvalue weighted by Gasteiger charge is -2.61. The Bertz CT molecular complexity index is 1000. The zero-order chi connectivity index (χ0) is 29.2. The summed E-state index contributed by atoms with van der Waals surface area (Å²) in [5.41, 5.74) is 3.16. The monoisotopic (exact) mass is 563 g/mol. The van der Waals surface area contributed by atoms with Gasteiger partial charge in [0.1, 0.15) is 6.10 Å². The minimum Gasteiger partial charge on any atom is -0.446 e. The van der Waals surface area contributed by atoms with Crippen molar-refractivity contribution in [2.75, 3.05) is 5.32 Å². The second-order valence-electron chi connectivity index (χ2n) is 15.9. The Balaban J connectivity index is 1.15. The van der Waals surface area contributed by atoms with Gasteiger partial charge in [-0.3, -0.25) is 5.32 Å². The molecule has 1 N–H and O–H groups in total. The SMILES string of the molecule is CCCCc1ccc(NC(=O)O[C@H]2CC[C@@]3(C)C(CC[C@H]4[C@@H]5CC[C@H]([C@H](C)CCCC(C)C)[C@@]5(C)CC[C@@H]43)C2)cc1. The third kappa shape index (κ3) is 6.54. The van der Waals surface area contributed by atoms with Gasteiger partial charge in [0.2, 0.25) is 0 Å². The first-order chi connectivity index (χ1) is 19.6. The van der Waals surface area contributed by atoms with Crippen LogP contribution in [0, 0.1) is 52.3 Å². The second kappa shape index (κ2) is 13.0. The van der Waals surface area contributed by atoms with Crippen LogP contribution in [0.4, 0.5) is 10.5 Å². The molecule has 5 rings (SSSR count). The lowest BCUT2D eigenvalue weighted by atomic mass is 9.44. The maximum Gasteiger partial charge on any atom is 0.411 e. The number of hydrogen-bond acceptors (Lipinski definition) is 2. The van der Waals surface area contributed by atoms with Gasteiger partial charge in [-0.2, -0.15) is 0 Å². The van der Waals surface area contributed by atoms with Crippen molar-refractivity contribution in [1.29, 1.82) is 0 Å². The molecule has 1 aromatic carbocycles. The summed E-state index contributed by atoms with van der Waals surface area (Å²) in [5.74, 6) is 6.07. The summed E-state index contributed by atoms with van der Waals surface area (Å²) in [6.07, 6.45) is 19.4. The lowest BCUT2D eigenvalue weighted by Crippen LogP contribution is -2.54. The second-order valence-corrected chi connectivity index (χ2v) is 15.9. The summed E-state index contributed by atoms with van der Waals surface area (Å²) in [7, 11) is 0. The zero-order valence-corrected chi connectivity index (χ0v) is 27.4. The first-order valence-corrected chi connectivity index (χ1v) is 17.7. The molecule has 4 saturated carbocycles. The summed E-state index contributed by atoms with van der Waals surface area (Å²) < 4.78 is 6.04. The first-order valence-electron chi connectivity index (χ1n) is 17.7. The molecule has 0 aliphatic heterocycles. The van der Waals surface area contributed by atoms with Gasteiger partial charge < -0.3 is 4.74 Å². The number of aryl methyl sites for hydroxylation is 1. The Labute approximate surface area is 252 Å². The van der Waals surface area contributed by atoms with Gasteiger partial charge in [0.25, 0.3) is 0 Å². The van der Waals surface area contributed by atoms with Crippen molar-refractivity contribution in [3.8, 4) is 0 Å². The smallest absolute Gasteiger partial charge is 0.411 e. The van der Waals surface area contributed by atoms with Gasteiger partial charge in [0.05, 0.1) is 0 Å². The summed E-state index contributed by atoms with van der Waals surface area (Å²) in [5, 5.41) is 3.00. The van der Waals surface area contributed by atoms with E-state index in [2.05, 4.69) is 59.0 Å². The van der Waals surface area contributed by atoms with E-state index in [0.29, 0.717) is 16.7 Å². The number of rotatable bonds is 10. The van der Waals surface area contributed by atoms with Gasteiger partial charge in [-0.15, -0.1) is 0 Å². The number of ether oxygens (including phenoxy) is 1. The van der Waals surface area contributed by atoms with Gasteiger partial charge in [-0.25, -0.2) is 4.79 Å². The number of benzene rings is 1. The minimum absolute atomic E-state index is 0.0601. The molecule has 0 heterocycles. The molecule has 0 bridgehead atoms. The molecule has 1 amide bonds. The Hall–Kier alpha value is -1.51. The van der Waals surface area contributed by atoms with Crippen molar-refractivity contribution in [3.63, 3.8) is 0 Å². The molecule has 41 heavy (non-hydrogen) atoms. The van der Waals surface area contributed by atoms with Crippen molar-refractivity contribution >= 4 is 11.8 Å². The zero-order valence-electron chi connectivity index (χ0n) is 27.4. The lowest BCUT2D eigenvalue weighted by molar-refractivity contribution is -0.129. The van der Waals surface area contributed by atoms with E-state index in [1.54, 1.807) is 0 Å². The van der Waals surface area contributed by atoms with Crippen LogP contribution in [0.25, 0.3) is 0 Å². The van der Waals surface area contributed by atoms with Crippen molar-refractivity contribution in [2.45, 2.75) is 144 Å². The highest BCUT2D eigenvalue weighted by atomic mass is 16.6. The highest BCUT2D eigenvalue weighted by Crippen LogP contribution is 2.68. The molecule has 0 saturated heterocycles. The highest BCUT2D eigenvalue weighted by Gasteiger charge is 2.60. The molecule has 3 nitrogen and oxygen atoms in total. The molecule has 230 valence electrons. The van der Waals surface area contributed by atoms with Crippen molar-refractivity contribution in [3.05, 3.63) is 29.8 Å². The summed E-state index contributed by atoms with van der Waals surface area (Å²) in [4.78, 5) is 12.8. The average molecular weight is 564 g/mol. The van der Waals surface area contributed by atoms with Gasteiger partial charge in [-0.05, 0) is 141 Å². The van der Waals surface area contributed by atoms with Crippen molar-refractivity contribution in [1.82, 2.24) is 0 Å². The molecule has 4 aliphatic carbocycles. The number of fused-ring (bicyclic) bond motifs is 5. The van der Waals surface area contributed by atoms with Crippen LogP contribution < -0.4 is 5.32 Å². The number of hydrogen-bond donors (Lipinski definition) is 1. The number of carbonyl (C=O) groups is 1. The third-order valence-electron chi connectivity index (χ3n) is 13.1. The maximum absolute atomic E-state index is 12.8. The first kappa shape index (κ1) is 30.9. The third-order valence-corrected chi connectivity index (χ3v) is 13.1. The topological polar surface area (TPSA) is 38.3 Å². The predicted molar refractivity (Wildman–Crippen MR) is 172 cm³/mol. The quantitative estimate of drug-likeness (QED) is 0.307. The van der Waals surface area contributed by atoms with Crippen molar-refractivity contribution < 1.29 is 9.53 Å². The summed E-state index contributed by atoms with van der Waals surface area (Å²) in [6.45, 7) is 14.9. The van der Waals surface area contributed by atoms with Crippen LogP contribution in [0.15, 0.2) is 24.3 Å². The molecule has 0 aromatic heterocycles. The minimum atomic E-state index is -0.276. The van der Waals surface area contributed by atoms with E-state index in [0.717, 1.165) is 60.5 Å². The van der Waals surface area contributed by atoms with Crippen LogP contribution in [-0.2, 0) is 11.2 Å². The average Bonchev–Trinajstić information content (AvgIpc) is 3.30. The highest BCUT2D eigenvalue weighted by molar-refractivity contribution is 5.84. The number of amides is 1. The number of anilines is 1. The van der Waals surface area contributed by atoms with E-state index in [4.69, 9.17) is 4.74 Å². The molecule has 4 fully saturated rings. The van der Waals surface area contributed by atoms with E-state index in [9.17, 15) is 4.79 Å².